The van der Waals surface area contributed by atoms with Crippen molar-refractivity contribution in [3.05, 3.63) is 0 Å². The molecule has 0 bridgehead atoms. The second-order valence-electron chi connectivity index (χ2n) is 4.99. The third-order valence-corrected chi connectivity index (χ3v) is 2.27. The summed E-state index contributed by atoms with van der Waals surface area (Å²) >= 11 is 0. The highest BCUT2D eigenvalue weighted by molar-refractivity contribution is 4.65. The van der Waals surface area contributed by atoms with Gasteiger partial charge in [0, 0.05) is 6.61 Å². The third kappa shape index (κ3) is 7.03. The van der Waals surface area contributed by atoms with Crippen LogP contribution in [0.4, 0.5) is 0 Å². The fourth-order valence-electron chi connectivity index (χ4n) is 1.24. The van der Waals surface area contributed by atoms with Crippen LogP contribution in [0.5, 0.6) is 0 Å². The van der Waals surface area contributed by atoms with Gasteiger partial charge in [0.25, 0.3) is 0 Å². The molecule has 0 aromatic rings. The zero-order valence-corrected chi connectivity index (χ0v) is 9.76. The van der Waals surface area contributed by atoms with E-state index in [0.717, 1.165) is 19.6 Å². The van der Waals surface area contributed by atoms with Crippen LogP contribution in [0.2, 0.25) is 0 Å². The lowest BCUT2D eigenvalue weighted by atomic mass is 9.93. The van der Waals surface area contributed by atoms with Crippen molar-refractivity contribution >= 4 is 0 Å². The van der Waals surface area contributed by atoms with Gasteiger partial charge in [0.05, 0.1) is 5.60 Å². The fourth-order valence-corrected chi connectivity index (χ4v) is 1.24. The molecule has 0 amide bonds. The Morgan fingerprint density at radius 3 is 2.08 bits per heavy atom. The van der Waals surface area contributed by atoms with Gasteiger partial charge in [0.1, 0.15) is 0 Å². The van der Waals surface area contributed by atoms with E-state index in [1.165, 1.54) is 0 Å². The summed E-state index contributed by atoms with van der Waals surface area (Å²) in [5.41, 5.74) is 5.65. The van der Waals surface area contributed by atoms with Crippen LogP contribution in [0.1, 0.15) is 41.0 Å². The molecule has 13 heavy (non-hydrogen) atoms. The van der Waals surface area contributed by atoms with Crippen LogP contribution >= 0.6 is 0 Å². The van der Waals surface area contributed by atoms with Crippen molar-refractivity contribution in [1.29, 1.82) is 0 Å². The van der Waals surface area contributed by atoms with Crippen molar-refractivity contribution in [2.24, 2.45) is 17.6 Å². The number of ether oxygens (including phenoxy) is 1. The minimum absolute atomic E-state index is 0.0177. The average Bonchev–Trinajstić information content (AvgIpc) is 1.95. The highest BCUT2D eigenvalue weighted by atomic mass is 16.5. The number of hydrogen-bond donors (Lipinski definition) is 1. The Bertz CT molecular complexity index is 127. The van der Waals surface area contributed by atoms with Crippen LogP contribution in [0.3, 0.4) is 0 Å². The standard InChI is InChI=1S/C11H25NO/c1-9(2)10(8-12)6-7-13-11(3,4)5/h9-10H,6-8,12H2,1-5H3. The van der Waals surface area contributed by atoms with E-state index in [9.17, 15) is 0 Å². The van der Waals surface area contributed by atoms with Crippen LogP contribution in [0.25, 0.3) is 0 Å². The first-order valence-corrected chi connectivity index (χ1v) is 5.21. The zero-order chi connectivity index (χ0) is 10.5. The van der Waals surface area contributed by atoms with Gasteiger partial charge in [0.2, 0.25) is 0 Å². The summed E-state index contributed by atoms with van der Waals surface area (Å²) in [6, 6.07) is 0. The van der Waals surface area contributed by atoms with E-state index in [-0.39, 0.29) is 5.60 Å². The summed E-state index contributed by atoms with van der Waals surface area (Å²) in [4.78, 5) is 0. The summed E-state index contributed by atoms with van der Waals surface area (Å²) in [5.74, 6) is 1.26. The number of rotatable bonds is 5. The van der Waals surface area contributed by atoms with E-state index in [1.54, 1.807) is 0 Å². The molecule has 0 radical (unpaired) electrons. The van der Waals surface area contributed by atoms with Crippen LogP contribution in [0.15, 0.2) is 0 Å². The molecule has 1 atom stereocenters. The average molecular weight is 187 g/mol. The number of hydrogen-bond acceptors (Lipinski definition) is 2. The number of nitrogens with two attached hydrogens (primary N) is 1. The molecule has 0 aromatic heterocycles. The maximum absolute atomic E-state index is 5.67. The van der Waals surface area contributed by atoms with E-state index in [0.29, 0.717) is 11.8 Å². The maximum Gasteiger partial charge on any atom is 0.0598 e. The molecule has 0 aliphatic carbocycles. The summed E-state index contributed by atoms with van der Waals surface area (Å²) < 4.78 is 5.66. The monoisotopic (exact) mass is 187 g/mol. The van der Waals surface area contributed by atoms with Gasteiger partial charge in [-0.1, -0.05) is 13.8 Å². The van der Waals surface area contributed by atoms with Gasteiger partial charge in [-0.3, -0.25) is 0 Å². The van der Waals surface area contributed by atoms with Crippen molar-refractivity contribution in [3.63, 3.8) is 0 Å². The lowest BCUT2D eigenvalue weighted by Gasteiger charge is -2.23. The van der Waals surface area contributed by atoms with E-state index in [4.69, 9.17) is 10.5 Å². The van der Waals surface area contributed by atoms with Crippen molar-refractivity contribution < 1.29 is 4.74 Å². The molecule has 0 saturated heterocycles. The minimum atomic E-state index is -0.0177. The van der Waals surface area contributed by atoms with Gasteiger partial charge in [-0.2, -0.15) is 0 Å². The molecule has 0 aliphatic heterocycles. The lowest BCUT2D eigenvalue weighted by molar-refractivity contribution is -0.0110. The molecule has 2 heteroatoms. The molecule has 2 N–H and O–H groups in total. The molecule has 0 aromatic carbocycles. The quantitative estimate of drug-likeness (QED) is 0.717. The lowest BCUT2D eigenvalue weighted by Crippen LogP contribution is -2.25. The van der Waals surface area contributed by atoms with Gasteiger partial charge < -0.3 is 10.5 Å². The highest BCUT2D eigenvalue weighted by Gasteiger charge is 2.14. The molecule has 0 saturated carbocycles. The first-order valence-electron chi connectivity index (χ1n) is 5.21. The van der Waals surface area contributed by atoms with Crippen LogP contribution in [-0.2, 0) is 4.74 Å². The van der Waals surface area contributed by atoms with Crippen LogP contribution < -0.4 is 5.73 Å². The van der Waals surface area contributed by atoms with Gasteiger partial charge in [-0.15, -0.1) is 0 Å². The molecular weight excluding hydrogens is 162 g/mol. The van der Waals surface area contributed by atoms with E-state index in [2.05, 4.69) is 34.6 Å². The first-order chi connectivity index (χ1) is 5.87. The molecule has 0 spiro atoms. The molecule has 0 heterocycles. The molecule has 0 rings (SSSR count). The van der Waals surface area contributed by atoms with E-state index < -0.39 is 0 Å². The van der Waals surface area contributed by atoms with E-state index in [1.807, 2.05) is 0 Å². The summed E-state index contributed by atoms with van der Waals surface area (Å²) in [5, 5.41) is 0. The normalized spacial score (nSPS) is 15.0. The molecule has 0 aliphatic rings. The van der Waals surface area contributed by atoms with Crippen molar-refractivity contribution in [2.75, 3.05) is 13.2 Å². The molecule has 80 valence electrons. The van der Waals surface area contributed by atoms with Crippen molar-refractivity contribution in [1.82, 2.24) is 0 Å². The first kappa shape index (κ1) is 12.9. The maximum atomic E-state index is 5.67. The second kappa shape index (κ2) is 5.61. The summed E-state index contributed by atoms with van der Waals surface area (Å²) in [6.07, 6.45) is 1.07. The van der Waals surface area contributed by atoms with E-state index >= 15 is 0 Å². The third-order valence-electron chi connectivity index (χ3n) is 2.27. The summed E-state index contributed by atoms with van der Waals surface area (Å²) in [7, 11) is 0. The second-order valence-corrected chi connectivity index (χ2v) is 4.99. The molecule has 0 fully saturated rings. The Balaban J connectivity index is 3.62. The smallest absolute Gasteiger partial charge is 0.0598 e. The van der Waals surface area contributed by atoms with Gasteiger partial charge in [0.15, 0.2) is 0 Å². The van der Waals surface area contributed by atoms with Crippen LogP contribution in [0, 0.1) is 11.8 Å². The predicted octanol–water partition coefficient (Wildman–Crippen LogP) is 2.42. The predicted molar refractivity (Wildman–Crippen MR) is 57.7 cm³/mol. The Labute approximate surface area is 82.8 Å². The van der Waals surface area contributed by atoms with Crippen molar-refractivity contribution in [3.8, 4) is 0 Å². The van der Waals surface area contributed by atoms with Crippen molar-refractivity contribution in [2.45, 2.75) is 46.6 Å². The Morgan fingerprint density at radius 2 is 1.77 bits per heavy atom. The topological polar surface area (TPSA) is 35.2 Å². The minimum Gasteiger partial charge on any atom is -0.376 e. The molecular formula is C11H25NO. The van der Waals surface area contributed by atoms with Gasteiger partial charge in [-0.05, 0) is 45.6 Å². The Morgan fingerprint density at radius 1 is 1.23 bits per heavy atom. The van der Waals surface area contributed by atoms with Gasteiger partial charge >= 0.3 is 0 Å². The van der Waals surface area contributed by atoms with Crippen LogP contribution in [-0.4, -0.2) is 18.8 Å². The van der Waals surface area contributed by atoms with Gasteiger partial charge in [-0.25, -0.2) is 0 Å². The summed E-state index contributed by atoms with van der Waals surface area (Å²) in [6.45, 7) is 12.3. The zero-order valence-electron chi connectivity index (χ0n) is 9.76. The molecule has 1 unspecified atom stereocenters. The Hall–Kier alpha value is -0.0800. The Kier molecular flexibility index (Phi) is 5.57. The SMILES string of the molecule is CC(C)C(CN)CCOC(C)(C)C. The highest BCUT2D eigenvalue weighted by Crippen LogP contribution is 2.15. The largest absolute Gasteiger partial charge is 0.376 e. The fraction of sp³-hybridized carbons (Fsp3) is 1.00. The molecule has 2 nitrogen and oxygen atoms in total.